The van der Waals surface area contributed by atoms with Crippen LogP contribution in [0, 0.1) is 6.92 Å². The number of hydrogen-bond acceptors (Lipinski definition) is 4. The molecule has 19 heavy (non-hydrogen) atoms. The van der Waals surface area contributed by atoms with E-state index in [-0.39, 0.29) is 0 Å². The molecule has 0 saturated carbocycles. The van der Waals surface area contributed by atoms with Gasteiger partial charge in [0.2, 0.25) is 0 Å². The second-order valence-corrected chi connectivity index (χ2v) is 5.31. The lowest BCUT2D eigenvalue weighted by Crippen LogP contribution is -2.19. The van der Waals surface area contributed by atoms with Crippen molar-refractivity contribution in [3.63, 3.8) is 0 Å². The molecule has 0 aliphatic carbocycles. The largest absolute Gasteiger partial charge is 0.384 e. The van der Waals surface area contributed by atoms with E-state index in [1.807, 2.05) is 0 Å². The van der Waals surface area contributed by atoms with Crippen molar-refractivity contribution in [1.82, 2.24) is 15.3 Å². The number of aryl methyl sites for hydroxylation is 1. The van der Waals surface area contributed by atoms with E-state index in [1.165, 1.54) is 11.1 Å². The summed E-state index contributed by atoms with van der Waals surface area (Å²) in [7, 11) is 0. The van der Waals surface area contributed by atoms with Gasteiger partial charge < -0.3 is 11.1 Å². The van der Waals surface area contributed by atoms with Gasteiger partial charge in [0.05, 0.1) is 6.54 Å². The van der Waals surface area contributed by atoms with Crippen LogP contribution in [-0.4, -0.2) is 16.5 Å². The zero-order chi connectivity index (χ0) is 13.7. The van der Waals surface area contributed by atoms with Crippen molar-refractivity contribution < 1.29 is 0 Å². The number of nitrogens with one attached hydrogen (secondary N) is 1. The predicted octanol–water partition coefficient (Wildman–Crippen LogP) is 2.46. The van der Waals surface area contributed by atoms with Crippen LogP contribution in [0.25, 0.3) is 0 Å². The minimum atomic E-state index is 0.509. The third-order valence-electron chi connectivity index (χ3n) is 2.89. The molecular weight excluding hydrogens is 304 g/mol. The highest BCUT2D eigenvalue weighted by Gasteiger charge is 2.00. The molecule has 0 bridgehead atoms. The molecule has 2 aromatic rings. The molecule has 100 valence electrons. The van der Waals surface area contributed by atoms with Gasteiger partial charge in [-0.3, -0.25) is 0 Å². The van der Waals surface area contributed by atoms with Gasteiger partial charge in [-0.2, -0.15) is 0 Å². The Morgan fingerprint density at radius 3 is 2.95 bits per heavy atom. The first kappa shape index (κ1) is 14.0. The maximum Gasteiger partial charge on any atom is 0.144 e. The minimum Gasteiger partial charge on any atom is -0.384 e. The fraction of sp³-hybridized carbons (Fsp3) is 0.286. The van der Waals surface area contributed by atoms with Gasteiger partial charge in [0.1, 0.15) is 11.6 Å². The van der Waals surface area contributed by atoms with Crippen molar-refractivity contribution in [1.29, 1.82) is 0 Å². The number of nitrogens with zero attached hydrogens (tertiary/aromatic N) is 2. The fourth-order valence-electron chi connectivity index (χ4n) is 1.83. The summed E-state index contributed by atoms with van der Waals surface area (Å²) >= 11 is 3.50. The summed E-state index contributed by atoms with van der Waals surface area (Å²) in [5.41, 5.74) is 8.26. The molecule has 0 saturated heterocycles. The predicted molar refractivity (Wildman–Crippen MR) is 80.7 cm³/mol. The summed E-state index contributed by atoms with van der Waals surface area (Å²) in [6.07, 6.45) is 2.66. The van der Waals surface area contributed by atoms with Gasteiger partial charge in [0, 0.05) is 10.7 Å². The second kappa shape index (κ2) is 6.63. The van der Waals surface area contributed by atoms with E-state index < -0.39 is 0 Å². The maximum atomic E-state index is 5.61. The van der Waals surface area contributed by atoms with Crippen molar-refractivity contribution in [2.24, 2.45) is 0 Å². The van der Waals surface area contributed by atoms with E-state index in [1.54, 1.807) is 12.3 Å². The van der Waals surface area contributed by atoms with Crippen LogP contribution in [0.1, 0.15) is 17.0 Å². The third kappa shape index (κ3) is 4.29. The van der Waals surface area contributed by atoms with Gasteiger partial charge in [-0.1, -0.05) is 22.0 Å². The van der Waals surface area contributed by atoms with Crippen molar-refractivity contribution in [3.05, 3.63) is 51.9 Å². The number of aromatic nitrogens is 2. The Morgan fingerprint density at radius 1 is 1.32 bits per heavy atom. The molecule has 1 heterocycles. The Hall–Kier alpha value is -1.46. The molecule has 0 unspecified atom stereocenters. The first-order chi connectivity index (χ1) is 9.15. The average molecular weight is 321 g/mol. The van der Waals surface area contributed by atoms with E-state index in [4.69, 9.17) is 5.73 Å². The second-order valence-electron chi connectivity index (χ2n) is 4.40. The third-order valence-corrected chi connectivity index (χ3v) is 3.39. The molecule has 0 aliphatic heterocycles. The van der Waals surface area contributed by atoms with Crippen LogP contribution in [0.3, 0.4) is 0 Å². The number of nitrogen functional groups attached to an aromatic ring is 1. The van der Waals surface area contributed by atoms with Crippen molar-refractivity contribution >= 4 is 21.7 Å². The molecule has 0 fully saturated rings. The molecule has 3 N–H and O–H groups in total. The summed E-state index contributed by atoms with van der Waals surface area (Å²) in [6, 6.07) is 8.04. The lowest BCUT2D eigenvalue weighted by Gasteiger charge is -2.07. The van der Waals surface area contributed by atoms with Crippen LogP contribution in [0.4, 0.5) is 5.82 Å². The van der Waals surface area contributed by atoms with Crippen LogP contribution < -0.4 is 11.1 Å². The summed E-state index contributed by atoms with van der Waals surface area (Å²) in [4.78, 5) is 8.30. The van der Waals surface area contributed by atoms with E-state index in [0.717, 1.165) is 23.3 Å². The first-order valence-corrected chi connectivity index (χ1v) is 6.97. The summed E-state index contributed by atoms with van der Waals surface area (Å²) < 4.78 is 1.12. The van der Waals surface area contributed by atoms with Gasteiger partial charge >= 0.3 is 0 Å². The Bertz CT molecular complexity index is 557. The highest BCUT2D eigenvalue weighted by molar-refractivity contribution is 9.10. The zero-order valence-corrected chi connectivity index (χ0v) is 12.4. The van der Waals surface area contributed by atoms with Crippen molar-refractivity contribution in [3.8, 4) is 0 Å². The Balaban J connectivity index is 1.82. The fourth-order valence-corrected chi connectivity index (χ4v) is 2.24. The smallest absolute Gasteiger partial charge is 0.144 e. The van der Waals surface area contributed by atoms with Gasteiger partial charge in [-0.15, -0.1) is 0 Å². The Labute approximate surface area is 121 Å². The van der Waals surface area contributed by atoms with E-state index >= 15 is 0 Å². The zero-order valence-electron chi connectivity index (χ0n) is 10.9. The van der Waals surface area contributed by atoms with Crippen molar-refractivity contribution in [2.75, 3.05) is 12.3 Å². The number of halogens is 1. The minimum absolute atomic E-state index is 0.509. The van der Waals surface area contributed by atoms with Gasteiger partial charge in [0.25, 0.3) is 0 Å². The molecule has 0 aliphatic rings. The topological polar surface area (TPSA) is 63.8 Å². The van der Waals surface area contributed by atoms with E-state index in [9.17, 15) is 0 Å². The number of hydrogen-bond donors (Lipinski definition) is 2. The molecule has 2 rings (SSSR count). The summed E-state index contributed by atoms with van der Waals surface area (Å²) in [6.45, 7) is 3.65. The quantitative estimate of drug-likeness (QED) is 0.831. The molecule has 0 radical (unpaired) electrons. The molecule has 1 aromatic heterocycles. The average Bonchev–Trinajstić information content (AvgIpc) is 2.39. The SMILES string of the molecule is Cc1ccc(Br)cc1CCNCc1nccc(N)n1. The van der Waals surface area contributed by atoms with Crippen LogP contribution in [0.15, 0.2) is 34.9 Å². The molecule has 0 amide bonds. The monoisotopic (exact) mass is 320 g/mol. The molecular formula is C14H17BrN4. The lowest BCUT2D eigenvalue weighted by atomic mass is 10.1. The molecule has 5 heteroatoms. The standard InChI is InChI=1S/C14H17BrN4/c1-10-2-3-12(15)8-11(10)4-6-17-9-14-18-7-5-13(16)19-14/h2-3,5,7-8,17H,4,6,9H2,1H3,(H2,16,18,19). The van der Waals surface area contributed by atoms with Crippen molar-refractivity contribution in [2.45, 2.75) is 19.9 Å². The number of rotatable bonds is 5. The molecule has 0 atom stereocenters. The molecule has 4 nitrogen and oxygen atoms in total. The summed E-state index contributed by atoms with van der Waals surface area (Å²) in [5.74, 6) is 1.24. The van der Waals surface area contributed by atoms with Crippen LogP contribution >= 0.6 is 15.9 Å². The highest BCUT2D eigenvalue weighted by atomic mass is 79.9. The van der Waals surface area contributed by atoms with E-state index in [2.05, 4.69) is 56.3 Å². The highest BCUT2D eigenvalue weighted by Crippen LogP contribution is 2.16. The molecule has 0 spiro atoms. The number of benzene rings is 1. The Kier molecular flexibility index (Phi) is 4.87. The van der Waals surface area contributed by atoms with E-state index in [0.29, 0.717) is 12.4 Å². The van der Waals surface area contributed by atoms with Gasteiger partial charge in [0.15, 0.2) is 0 Å². The number of nitrogens with two attached hydrogens (primary N) is 1. The Morgan fingerprint density at radius 2 is 2.16 bits per heavy atom. The van der Waals surface area contributed by atoms with Gasteiger partial charge in [-0.25, -0.2) is 9.97 Å². The first-order valence-electron chi connectivity index (χ1n) is 6.18. The maximum absolute atomic E-state index is 5.61. The van der Waals surface area contributed by atoms with Crippen LogP contribution in [0.5, 0.6) is 0 Å². The van der Waals surface area contributed by atoms with Gasteiger partial charge in [-0.05, 0) is 49.2 Å². The van der Waals surface area contributed by atoms with Crippen LogP contribution in [-0.2, 0) is 13.0 Å². The normalized spacial score (nSPS) is 10.6. The lowest BCUT2D eigenvalue weighted by molar-refractivity contribution is 0.659. The number of anilines is 1. The van der Waals surface area contributed by atoms with Crippen LogP contribution in [0.2, 0.25) is 0 Å². The molecule has 1 aromatic carbocycles. The summed E-state index contributed by atoms with van der Waals surface area (Å²) in [5, 5.41) is 3.33.